The molecule has 1 aromatic heterocycles. The Labute approximate surface area is 193 Å². The molecule has 178 valence electrons. The number of hydrogen-bond acceptors (Lipinski definition) is 7. The van der Waals surface area contributed by atoms with E-state index in [1.54, 1.807) is 6.92 Å². The van der Waals surface area contributed by atoms with Crippen LogP contribution in [0.15, 0.2) is 32.5 Å². The molecule has 0 spiro atoms. The van der Waals surface area contributed by atoms with Crippen molar-refractivity contribution in [3.63, 3.8) is 0 Å². The van der Waals surface area contributed by atoms with E-state index in [0.717, 1.165) is 18.4 Å². The minimum atomic E-state index is -0.816. The van der Waals surface area contributed by atoms with Gasteiger partial charge in [0.15, 0.2) is 5.78 Å². The van der Waals surface area contributed by atoms with Crippen LogP contribution in [0.4, 0.5) is 0 Å². The highest BCUT2D eigenvalue weighted by Gasteiger charge is 2.27. The number of aryl methyl sites for hydroxylation is 1. The Bertz CT molecular complexity index is 1190. The van der Waals surface area contributed by atoms with E-state index >= 15 is 0 Å². The third-order valence-corrected chi connectivity index (χ3v) is 5.73. The van der Waals surface area contributed by atoms with Gasteiger partial charge in [0.05, 0.1) is 5.56 Å². The number of allylic oxidation sites excluding steroid dienone is 4. The maximum absolute atomic E-state index is 12.4. The molecule has 0 amide bonds. The molecule has 2 rings (SSSR count). The van der Waals surface area contributed by atoms with Crippen molar-refractivity contribution in [3.05, 3.63) is 67.3 Å². The summed E-state index contributed by atoms with van der Waals surface area (Å²) in [5, 5.41) is 42.7. The molecule has 0 atom stereocenters. The van der Waals surface area contributed by atoms with Crippen LogP contribution in [0, 0.1) is 13.8 Å². The Kier molecular flexibility index (Phi) is 8.14. The van der Waals surface area contributed by atoms with Gasteiger partial charge in [0.25, 0.3) is 0 Å². The van der Waals surface area contributed by atoms with Crippen molar-refractivity contribution in [3.8, 4) is 23.0 Å². The third kappa shape index (κ3) is 5.66. The van der Waals surface area contributed by atoms with Gasteiger partial charge >= 0.3 is 5.63 Å². The summed E-state index contributed by atoms with van der Waals surface area (Å²) in [5.41, 5.74) is 1.18. The zero-order valence-corrected chi connectivity index (χ0v) is 20.0. The first-order chi connectivity index (χ1) is 15.4. The van der Waals surface area contributed by atoms with E-state index in [2.05, 4.69) is 6.08 Å². The largest absolute Gasteiger partial charge is 0.507 e. The molecular weight excluding hydrogens is 424 g/mol. The molecule has 2 aromatic rings. The van der Waals surface area contributed by atoms with Crippen LogP contribution >= 0.6 is 0 Å². The van der Waals surface area contributed by atoms with E-state index < -0.39 is 28.7 Å². The van der Waals surface area contributed by atoms with Crippen LogP contribution in [0.2, 0.25) is 0 Å². The lowest BCUT2D eigenvalue weighted by molar-refractivity contribution is 0.101. The zero-order valence-electron chi connectivity index (χ0n) is 20.0. The molecule has 0 radical (unpaired) electrons. The number of carbonyl (C=O) groups excluding carboxylic acids is 1. The maximum atomic E-state index is 12.4. The van der Waals surface area contributed by atoms with E-state index in [1.165, 1.54) is 19.4 Å². The molecule has 0 aliphatic rings. The molecule has 7 heteroatoms. The lowest BCUT2D eigenvalue weighted by Crippen LogP contribution is -2.12. The van der Waals surface area contributed by atoms with E-state index in [-0.39, 0.29) is 46.6 Å². The summed E-state index contributed by atoms with van der Waals surface area (Å²) in [5.74, 6) is -2.25. The maximum Gasteiger partial charge on any atom is 0.343 e. The molecule has 0 saturated heterocycles. The fourth-order valence-corrected chi connectivity index (χ4v) is 3.58. The molecule has 1 heterocycles. The smallest absolute Gasteiger partial charge is 0.343 e. The highest BCUT2D eigenvalue weighted by atomic mass is 16.4. The van der Waals surface area contributed by atoms with Gasteiger partial charge in [-0.05, 0) is 60.8 Å². The zero-order chi connectivity index (χ0) is 25.0. The van der Waals surface area contributed by atoms with Gasteiger partial charge in [-0.1, -0.05) is 23.3 Å². The third-order valence-electron chi connectivity index (χ3n) is 5.73. The highest BCUT2D eigenvalue weighted by molar-refractivity contribution is 6.01. The number of ketones is 1. The minimum absolute atomic E-state index is 0.0577. The van der Waals surface area contributed by atoms with Crippen molar-refractivity contribution >= 4 is 5.78 Å². The second-order valence-corrected chi connectivity index (χ2v) is 8.58. The molecule has 0 aliphatic carbocycles. The number of Topliss-reactive ketones (excluding diaryl/α,β-unsaturated/α-hetero) is 1. The summed E-state index contributed by atoms with van der Waals surface area (Å²) in [4.78, 5) is 24.5. The normalized spacial score (nSPS) is 11.5. The summed E-state index contributed by atoms with van der Waals surface area (Å²) < 4.78 is 5.13. The fraction of sp³-hybridized carbons (Fsp3) is 0.385. The Morgan fingerprint density at radius 2 is 1.45 bits per heavy atom. The first kappa shape index (κ1) is 25.8. The van der Waals surface area contributed by atoms with Crippen LogP contribution in [0.5, 0.6) is 23.0 Å². The Morgan fingerprint density at radius 3 is 2.03 bits per heavy atom. The summed E-state index contributed by atoms with van der Waals surface area (Å²) >= 11 is 0. The predicted molar refractivity (Wildman–Crippen MR) is 126 cm³/mol. The van der Waals surface area contributed by atoms with Crippen molar-refractivity contribution in [2.24, 2.45) is 0 Å². The average Bonchev–Trinajstić information content (AvgIpc) is 2.70. The van der Waals surface area contributed by atoms with E-state index in [9.17, 15) is 30.0 Å². The molecule has 0 saturated carbocycles. The van der Waals surface area contributed by atoms with Gasteiger partial charge < -0.3 is 24.8 Å². The first-order valence-corrected chi connectivity index (χ1v) is 10.8. The summed E-state index contributed by atoms with van der Waals surface area (Å²) in [6, 6.07) is 0. The van der Waals surface area contributed by atoms with Crippen molar-refractivity contribution in [1.82, 2.24) is 0 Å². The fourth-order valence-electron chi connectivity index (χ4n) is 3.58. The highest BCUT2D eigenvalue weighted by Crippen LogP contribution is 2.44. The standard InChI is InChI=1S/C26H32O7/c1-13(2)8-7-9-14(3)10-11-18-23(29)19(25(31)21(16(5)27)24(18)30)12-20-22(28)15(4)17(6)33-26(20)32/h8,10,28-31H,7,9,11-12H2,1-6H3. The van der Waals surface area contributed by atoms with Crippen LogP contribution in [-0.4, -0.2) is 26.2 Å². The summed E-state index contributed by atoms with van der Waals surface area (Å²) in [7, 11) is 0. The van der Waals surface area contributed by atoms with Gasteiger partial charge in [-0.2, -0.15) is 0 Å². The number of aromatic hydroxyl groups is 4. The number of hydrogen-bond donors (Lipinski definition) is 4. The minimum Gasteiger partial charge on any atom is -0.507 e. The Balaban J connectivity index is 2.59. The van der Waals surface area contributed by atoms with Gasteiger partial charge in [-0.25, -0.2) is 4.79 Å². The molecule has 7 nitrogen and oxygen atoms in total. The number of benzene rings is 1. The molecule has 0 aliphatic heterocycles. The van der Waals surface area contributed by atoms with Crippen molar-refractivity contribution in [2.75, 3.05) is 0 Å². The monoisotopic (exact) mass is 456 g/mol. The van der Waals surface area contributed by atoms with Crippen molar-refractivity contribution < 1.29 is 29.6 Å². The summed E-state index contributed by atoms with van der Waals surface area (Å²) in [6.45, 7) is 10.3. The number of carbonyl (C=O) groups is 1. The quantitative estimate of drug-likeness (QED) is 0.321. The Morgan fingerprint density at radius 1 is 0.848 bits per heavy atom. The van der Waals surface area contributed by atoms with Gasteiger partial charge in [-0.15, -0.1) is 0 Å². The van der Waals surface area contributed by atoms with Crippen LogP contribution < -0.4 is 5.63 Å². The van der Waals surface area contributed by atoms with Gasteiger partial charge in [0.2, 0.25) is 0 Å². The van der Waals surface area contributed by atoms with Crippen molar-refractivity contribution in [2.45, 2.75) is 67.2 Å². The van der Waals surface area contributed by atoms with Crippen molar-refractivity contribution in [1.29, 1.82) is 0 Å². The average molecular weight is 457 g/mol. The molecular formula is C26H32O7. The molecule has 33 heavy (non-hydrogen) atoms. The number of rotatable bonds is 8. The Hall–Kier alpha value is -3.48. The topological polar surface area (TPSA) is 128 Å². The van der Waals surface area contributed by atoms with Crippen LogP contribution in [-0.2, 0) is 12.8 Å². The second-order valence-electron chi connectivity index (χ2n) is 8.58. The molecule has 0 fully saturated rings. The van der Waals surface area contributed by atoms with Crippen LogP contribution in [0.3, 0.4) is 0 Å². The molecule has 0 unspecified atom stereocenters. The van der Waals surface area contributed by atoms with E-state index in [1.807, 2.05) is 26.8 Å². The number of phenolic OH excluding ortho intramolecular Hbond substituents is 3. The van der Waals surface area contributed by atoms with Crippen LogP contribution in [0.1, 0.15) is 78.9 Å². The lowest BCUT2D eigenvalue weighted by Gasteiger charge is -2.17. The SMILES string of the molecule is CC(=O)c1c(O)c(CC=C(C)CCC=C(C)C)c(O)c(Cc2c(O)c(C)c(C)oc2=O)c1O. The molecule has 4 N–H and O–H groups in total. The first-order valence-electron chi connectivity index (χ1n) is 10.8. The van der Waals surface area contributed by atoms with Gasteiger partial charge in [0, 0.05) is 23.1 Å². The second kappa shape index (κ2) is 10.4. The number of phenols is 3. The van der Waals surface area contributed by atoms with Crippen LogP contribution in [0.25, 0.3) is 0 Å². The van der Waals surface area contributed by atoms with Gasteiger partial charge in [-0.3, -0.25) is 4.79 Å². The van der Waals surface area contributed by atoms with E-state index in [4.69, 9.17) is 4.42 Å². The predicted octanol–water partition coefficient (Wildman–Crippen LogP) is 5.11. The molecule has 0 bridgehead atoms. The molecule has 1 aromatic carbocycles. The van der Waals surface area contributed by atoms with E-state index in [0.29, 0.717) is 5.56 Å². The lowest BCUT2D eigenvalue weighted by atomic mass is 9.92. The van der Waals surface area contributed by atoms with Gasteiger partial charge in [0.1, 0.15) is 34.3 Å². The summed E-state index contributed by atoms with van der Waals surface area (Å²) in [6.07, 6.45) is 5.31.